The van der Waals surface area contributed by atoms with Crippen LogP contribution in [-0.4, -0.2) is 66.9 Å². The van der Waals surface area contributed by atoms with Crippen molar-refractivity contribution in [3.63, 3.8) is 0 Å². The lowest BCUT2D eigenvalue weighted by Crippen LogP contribution is -2.54. The molecule has 7 nitrogen and oxygen atoms in total. The third kappa shape index (κ3) is 5.26. The van der Waals surface area contributed by atoms with Crippen LogP contribution in [0.3, 0.4) is 0 Å². The predicted octanol–water partition coefficient (Wildman–Crippen LogP) is 0.219. The summed E-state index contributed by atoms with van der Waals surface area (Å²) in [5.74, 6) is -0.289. The highest BCUT2D eigenvalue weighted by Gasteiger charge is 2.23. The van der Waals surface area contributed by atoms with Crippen LogP contribution in [0.2, 0.25) is 0 Å². The summed E-state index contributed by atoms with van der Waals surface area (Å²) in [6.45, 7) is 4.45. The van der Waals surface area contributed by atoms with Gasteiger partial charge in [-0.15, -0.1) is 0 Å². The smallest absolute Gasteiger partial charge is 0.317 e. The van der Waals surface area contributed by atoms with Gasteiger partial charge in [-0.3, -0.25) is 9.59 Å². The van der Waals surface area contributed by atoms with Gasteiger partial charge in [0.25, 0.3) is 0 Å². The molecule has 0 aliphatic carbocycles. The number of urea groups is 1. The van der Waals surface area contributed by atoms with E-state index in [2.05, 4.69) is 10.6 Å². The fraction of sp³-hybridized carbons (Fsp3) is 0.471. The molecule has 0 aromatic heterocycles. The summed E-state index contributed by atoms with van der Waals surface area (Å²) in [7, 11) is 0. The SMILES string of the molecule is CCNC(=O)N1CCN(C(=O)CNC(=O)Cc2ccccc2)CC1. The van der Waals surface area contributed by atoms with E-state index in [1.165, 1.54) is 0 Å². The van der Waals surface area contributed by atoms with Gasteiger partial charge in [-0.25, -0.2) is 4.79 Å². The molecule has 2 rings (SSSR count). The molecule has 7 heteroatoms. The van der Waals surface area contributed by atoms with Gasteiger partial charge in [0.2, 0.25) is 11.8 Å². The molecule has 0 spiro atoms. The molecule has 130 valence electrons. The lowest BCUT2D eigenvalue weighted by molar-refractivity contribution is -0.133. The quantitative estimate of drug-likeness (QED) is 0.809. The van der Waals surface area contributed by atoms with E-state index < -0.39 is 0 Å². The zero-order valence-electron chi connectivity index (χ0n) is 14.0. The van der Waals surface area contributed by atoms with E-state index >= 15 is 0 Å². The summed E-state index contributed by atoms with van der Waals surface area (Å²) in [6.07, 6.45) is 0.263. The Kier molecular flexibility index (Phi) is 6.60. The van der Waals surface area contributed by atoms with Crippen molar-refractivity contribution in [1.82, 2.24) is 20.4 Å². The van der Waals surface area contributed by atoms with Crippen LogP contribution in [-0.2, 0) is 16.0 Å². The summed E-state index contributed by atoms with van der Waals surface area (Å²) in [6, 6.07) is 9.31. The van der Waals surface area contributed by atoms with E-state index in [1.54, 1.807) is 9.80 Å². The van der Waals surface area contributed by atoms with Gasteiger partial charge < -0.3 is 20.4 Å². The van der Waals surface area contributed by atoms with E-state index in [0.717, 1.165) is 5.56 Å². The Morgan fingerprint density at radius 1 is 0.958 bits per heavy atom. The van der Waals surface area contributed by atoms with Gasteiger partial charge in [0, 0.05) is 32.7 Å². The third-order valence-corrected chi connectivity index (χ3v) is 3.89. The van der Waals surface area contributed by atoms with Crippen LogP contribution in [0.1, 0.15) is 12.5 Å². The van der Waals surface area contributed by atoms with Crippen LogP contribution >= 0.6 is 0 Å². The van der Waals surface area contributed by atoms with E-state index in [4.69, 9.17) is 0 Å². The second-order valence-electron chi connectivity index (χ2n) is 5.64. The highest BCUT2D eigenvalue weighted by Crippen LogP contribution is 2.03. The number of benzene rings is 1. The molecular weight excluding hydrogens is 308 g/mol. The maximum atomic E-state index is 12.1. The maximum absolute atomic E-state index is 12.1. The predicted molar refractivity (Wildman–Crippen MR) is 90.4 cm³/mol. The normalized spacial score (nSPS) is 14.2. The molecule has 1 aromatic rings. The van der Waals surface area contributed by atoms with Gasteiger partial charge in [0.05, 0.1) is 13.0 Å². The van der Waals surface area contributed by atoms with E-state index in [9.17, 15) is 14.4 Å². The number of amides is 4. The average Bonchev–Trinajstić information content (AvgIpc) is 2.61. The first-order valence-corrected chi connectivity index (χ1v) is 8.21. The first kappa shape index (κ1) is 17.8. The zero-order valence-corrected chi connectivity index (χ0v) is 14.0. The Morgan fingerprint density at radius 2 is 1.58 bits per heavy atom. The highest BCUT2D eigenvalue weighted by molar-refractivity contribution is 5.86. The minimum Gasteiger partial charge on any atom is -0.347 e. The van der Waals surface area contributed by atoms with Crippen molar-refractivity contribution < 1.29 is 14.4 Å². The Morgan fingerprint density at radius 3 is 2.21 bits per heavy atom. The van der Waals surface area contributed by atoms with Crippen molar-refractivity contribution in [2.45, 2.75) is 13.3 Å². The minimum absolute atomic E-state index is 0.00712. The summed E-state index contributed by atoms with van der Waals surface area (Å²) in [5, 5.41) is 5.41. The molecule has 1 aromatic carbocycles. The number of nitrogens with one attached hydrogen (secondary N) is 2. The van der Waals surface area contributed by atoms with Crippen molar-refractivity contribution in [3.05, 3.63) is 35.9 Å². The molecule has 0 unspecified atom stereocenters. The number of hydrogen-bond donors (Lipinski definition) is 2. The average molecular weight is 332 g/mol. The topological polar surface area (TPSA) is 81.8 Å². The zero-order chi connectivity index (χ0) is 17.4. The van der Waals surface area contributed by atoms with E-state index in [1.807, 2.05) is 37.3 Å². The molecule has 4 amide bonds. The first-order valence-electron chi connectivity index (χ1n) is 8.21. The van der Waals surface area contributed by atoms with E-state index in [0.29, 0.717) is 32.7 Å². The second kappa shape index (κ2) is 8.90. The molecule has 0 atom stereocenters. The van der Waals surface area contributed by atoms with Gasteiger partial charge in [-0.1, -0.05) is 30.3 Å². The molecule has 1 aliphatic rings. The van der Waals surface area contributed by atoms with Gasteiger partial charge in [-0.2, -0.15) is 0 Å². The molecule has 0 saturated carbocycles. The number of carbonyl (C=O) groups is 3. The number of rotatable bonds is 5. The van der Waals surface area contributed by atoms with Crippen molar-refractivity contribution in [2.24, 2.45) is 0 Å². The molecule has 1 saturated heterocycles. The summed E-state index contributed by atoms with van der Waals surface area (Å²) < 4.78 is 0. The van der Waals surface area contributed by atoms with Gasteiger partial charge >= 0.3 is 6.03 Å². The van der Waals surface area contributed by atoms with Crippen molar-refractivity contribution in [1.29, 1.82) is 0 Å². The summed E-state index contributed by atoms with van der Waals surface area (Å²) >= 11 is 0. The summed E-state index contributed by atoms with van der Waals surface area (Å²) in [4.78, 5) is 39.1. The minimum atomic E-state index is -0.171. The van der Waals surface area contributed by atoms with Crippen LogP contribution in [0, 0.1) is 0 Å². The Balaban J connectivity index is 1.70. The number of hydrogen-bond acceptors (Lipinski definition) is 3. The van der Waals surface area contributed by atoms with Crippen LogP contribution in [0.5, 0.6) is 0 Å². The number of carbonyl (C=O) groups excluding carboxylic acids is 3. The largest absolute Gasteiger partial charge is 0.347 e. The first-order chi connectivity index (χ1) is 11.6. The van der Waals surface area contributed by atoms with Crippen LogP contribution in [0.15, 0.2) is 30.3 Å². The number of piperazine rings is 1. The van der Waals surface area contributed by atoms with Crippen LogP contribution in [0.25, 0.3) is 0 Å². The molecule has 1 heterocycles. The fourth-order valence-corrected chi connectivity index (χ4v) is 2.55. The molecular formula is C17H24N4O3. The van der Waals surface area contributed by atoms with E-state index in [-0.39, 0.29) is 30.8 Å². The molecule has 2 N–H and O–H groups in total. The lowest BCUT2D eigenvalue weighted by Gasteiger charge is -2.34. The maximum Gasteiger partial charge on any atom is 0.317 e. The molecule has 1 aliphatic heterocycles. The Labute approximate surface area is 142 Å². The van der Waals surface area contributed by atoms with Crippen LogP contribution < -0.4 is 10.6 Å². The molecule has 0 radical (unpaired) electrons. The second-order valence-corrected chi connectivity index (χ2v) is 5.64. The number of nitrogens with zero attached hydrogens (tertiary/aromatic N) is 2. The monoisotopic (exact) mass is 332 g/mol. The van der Waals surface area contributed by atoms with Gasteiger partial charge in [-0.05, 0) is 12.5 Å². The van der Waals surface area contributed by atoms with Gasteiger partial charge in [0.1, 0.15) is 0 Å². The highest BCUT2D eigenvalue weighted by atomic mass is 16.2. The Hall–Kier alpha value is -2.57. The van der Waals surface area contributed by atoms with Crippen molar-refractivity contribution >= 4 is 17.8 Å². The molecule has 1 fully saturated rings. The molecule has 0 bridgehead atoms. The summed E-state index contributed by atoms with van der Waals surface area (Å²) in [5.41, 5.74) is 0.915. The standard InChI is InChI=1S/C17H24N4O3/c1-2-18-17(24)21-10-8-20(9-11-21)16(23)13-19-15(22)12-14-6-4-3-5-7-14/h3-7H,2,8-13H2,1H3,(H,18,24)(H,19,22). The third-order valence-electron chi connectivity index (χ3n) is 3.89. The van der Waals surface area contributed by atoms with Crippen molar-refractivity contribution in [3.8, 4) is 0 Å². The molecule has 24 heavy (non-hydrogen) atoms. The fourth-order valence-electron chi connectivity index (χ4n) is 2.55. The lowest BCUT2D eigenvalue weighted by atomic mass is 10.1. The Bertz CT molecular complexity index is 568. The van der Waals surface area contributed by atoms with Crippen LogP contribution in [0.4, 0.5) is 4.79 Å². The van der Waals surface area contributed by atoms with Crippen molar-refractivity contribution in [2.75, 3.05) is 39.3 Å². The van der Waals surface area contributed by atoms with Gasteiger partial charge in [0.15, 0.2) is 0 Å².